The van der Waals surface area contributed by atoms with Crippen LogP contribution in [0.15, 0.2) is 36.9 Å². The first-order valence-corrected chi connectivity index (χ1v) is 9.59. The Labute approximate surface area is 164 Å². The summed E-state index contributed by atoms with van der Waals surface area (Å²) in [5.41, 5.74) is 1.74. The largest absolute Gasteiger partial charge is 0.493 e. The Morgan fingerprint density at radius 2 is 1.70 bits per heavy atom. The van der Waals surface area contributed by atoms with Gasteiger partial charge in [0.05, 0.1) is 25.7 Å². The van der Waals surface area contributed by atoms with Gasteiger partial charge >= 0.3 is 5.97 Å². The second kappa shape index (κ2) is 9.93. The number of aliphatic hydroxyl groups is 1. The van der Waals surface area contributed by atoms with E-state index in [9.17, 15) is 9.90 Å². The molecule has 0 aromatic heterocycles. The van der Waals surface area contributed by atoms with Gasteiger partial charge in [-0.1, -0.05) is 60.3 Å². The van der Waals surface area contributed by atoms with Crippen molar-refractivity contribution >= 4 is 5.97 Å². The number of benzene rings is 1. The second-order valence-electron chi connectivity index (χ2n) is 9.45. The van der Waals surface area contributed by atoms with Gasteiger partial charge in [0, 0.05) is 6.08 Å². The van der Waals surface area contributed by atoms with Crippen LogP contribution < -0.4 is 4.74 Å². The van der Waals surface area contributed by atoms with Gasteiger partial charge in [0.25, 0.3) is 0 Å². The number of esters is 1. The van der Waals surface area contributed by atoms with Gasteiger partial charge in [-0.05, 0) is 40.9 Å². The van der Waals surface area contributed by atoms with Crippen molar-refractivity contribution in [3.63, 3.8) is 0 Å². The van der Waals surface area contributed by atoms with E-state index in [2.05, 4.69) is 60.3 Å². The van der Waals surface area contributed by atoms with Crippen molar-refractivity contribution in [1.82, 2.24) is 0 Å². The lowest BCUT2D eigenvalue weighted by Crippen LogP contribution is -2.24. The van der Waals surface area contributed by atoms with Crippen LogP contribution in [0.3, 0.4) is 0 Å². The molecule has 2 unspecified atom stereocenters. The van der Waals surface area contributed by atoms with E-state index in [4.69, 9.17) is 9.47 Å². The van der Waals surface area contributed by atoms with Crippen molar-refractivity contribution in [2.75, 3.05) is 19.8 Å². The van der Waals surface area contributed by atoms with Gasteiger partial charge < -0.3 is 14.6 Å². The third-order valence-corrected chi connectivity index (χ3v) is 4.52. The average molecular weight is 377 g/mol. The Kier molecular flexibility index (Phi) is 8.55. The maximum Gasteiger partial charge on any atom is 0.330 e. The number of hydrogen-bond donors (Lipinski definition) is 1. The predicted molar refractivity (Wildman–Crippen MR) is 110 cm³/mol. The zero-order valence-corrected chi connectivity index (χ0v) is 17.7. The molecule has 0 radical (unpaired) electrons. The Bertz CT molecular complexity index is 590. The van der Waals surface area contributed by atoms with E-state index in [-0.39, 0.29) is 36.6 Å². The Balaban J connectivity index is 2.73. The van der Waals surface area contributed by atoms with Gasteiger partial charge in [-0.2, -0.15) is 0 Å². The fourth-order valence-corrected chi connectivity index (χ4v) is 2.96. The van der Waals surface area contributed by atoms with Crippen molar-refractivity contribution in [2.45, 2.75) is 53.9 Å². The van der Waals surface area contributed by atoms with E-state index in [0.717, 1.165) is 18.2 Å². The van der Waals surface area contributed by atoms with Crippen LogP contribution in [0.4, 0.5) is 0 Å². The van der Waals surface area contributed by atoms with Crippen LogP contribution in [0.2, 0.25) is 0 Å². The number of ether oxygens (including phenoxy) is 2. The molecule has 0 amide bonds. The minimum Gasteiger partial charge on any atom is -0.493 e. The molecule has 1 aromatic carbocycles. The summed E-state index contributed by atoms with van der Waals surface area (Å²) in [7, 11) is 0. The summed E-state index contributed by atoms with van der Waals surface area (Å²) in [6, 6.07) is 8.20. The molecule has 0 aliphatic heterocycles. The highest BCUT2D eigenvalue weighted by Crippen LogP contribution is 2.43. The Morgan fingerprint density at radius 3 is 2.15 bits per heavy atom. The number of carbonyl (C=O) groups is 1. The minimum atomic E-state index is -0.495. The highest BCUT2D eigenvalue weighted by atomic mass is 16.5. The standard InChI is InChI=1S/C23H36O4/c1-8-21(25)27-16-17(14-24)15-26-19-11-9-18(10-12-19)20(23(5,6)7)13-22(2,3)4/h8-12,17,20,24H,1,13-16H2,2-7H3. The maximum atomic E-state index is 11.1. The molecule has 0 aliphatic rings. The van der Waals surface area contributed by atoms with E-state index in [1.165, 1.54) is 5.56 Å². The zero-order valence-electron chi connectivity index (χ0n) is 17.7. The molecular formula is C23H36O4. The van der Waals surface area contributed by atoms with Crippen LogP contribution in [0, 0.1) is 16.7 Å². The normalized spacial score (nSPS) is 14.3. The number of hydrogen-bond acceptors (Lipinski definition) is 4. The molecule has 4 nitrogen and oxygen atoms in total. The molecule has 0 fully saturated rings. The van der Waals surface area contributed by atoms with Gasteiger partial charge in [-0.25, -0.2) is 4.79 Å². The first-order chi connectivity index (χ1) is 12.5. The maximum absolute atomic E-state index is 11.1. The van der Waals surface area contributed by atoms with Crippen LogP contribution in [0.25, 0.3) is 0 Å². The molecule has 0 saturated carbocycles. The van der Waals surface area contributed by atoms with Crippen LogP contribution in [-0.2, 0) is 9.53 Å². The van der Waals surface area contributed by atoms with Gasteiger partial charge in [0.15, 0.2) is 0 Å². The highest BCUT2D eigenvalue weighted by molar-refractivity contribution is 5.81. The average Bonchev–Trinajstić information content (AvgIpc) is 2.58. The summed E-state index contributed by atoms with van der Waals surface area (Å²) >= 11 is 0. The molecule has 0 heterocycles. The van der Waals surface area contributed by atoms with Gasteiger partial charge in [0.1, 0.15) is 5.75 Å². The first-order valence-electron chi connectivity index (χ1n) is 9.59. The van der Waals surface area contributed by atoms with Crippen molar-refractivity contribution in [2.24, 2.45) is 16.7 Å². The summed E-state index contributed by atoms with van der Waals surface area (Å²) in [5, 5.41) is 9.41. The van der Waals surface area contributed by atoms with E-state index in [1.54, 1.807) is 0 Å². The third kappa shape index (κ3) is 8.61. The number of aliphatic hydroxyl groups excluding tert-OH is 1. The topological polar surface area (TPSA) is 55.8 Å². The third-order valence-electron chi connectivity index (χ3n) is 4.52. The molecular weight excluding hydrogens is 340 g/mol. The second-order valence-corrected chi connectivity index (χ2v) is 9.45. The van der Waals surface area contributed by atoms with Gasteiger partial charge in [-0.15, -0.1) is 0 Å². The number of carbonyl (C=O) groups excluding carboxylic acids is 1. The molecule has 1 aromatic rings. The quantitative estimate of drug-likeness (QED) is 0.488. The summed E-state index contributed by atoms with van der Waals surface area (Å²) in [5.74, 6) is 0.437. The molecule has 0 bridgehead atoms. The van der Waals surface area contributed by atoms with Crippen molar-refractivity contribution < 1.29 is 19.4 Å². The summed E-state index contributed by atoms with van der Waals surface area (Å²) in [6.07, 6.45) is 2.22. The SMILES string of the molecule is C=CC(=O)OCC(CO)COc1ccc(C(CC(C)(C)C)C(C)(C)C)cc1. The van der Waals surface area contributed by atoms with E-state index >= 15 is 0 Å². The Hall–Kier alpha value is -1.81. The molecule has 152 valence electrons. The summed E-state index contributed by atoms with van der Waals surface area (Å²) < 4.78 is 10.7. The smallest absolute Gasteiger partial charge is 0.330 e. The lowest BCUT2D eigenvalue weighted by atomic mass is 9.69. The monoisotopic (exact) mass is 376 g/mol. The molecule has 4 heteroatoms. The summed E-state index contributed by atoms with van der Waals surface area (Å²) in [4.78, 5) is 11.1. The van der Waals surface area contributed by atoms with Crippen molar-refractivity contribution in [3.8, 4) is 5.75 Å². The lowest BCUT2D eigenvalue weighted by Gasteiger charge is -2.36. The van der Waals surface area contributed by atoms with E-state index in [0.29, 0.717) is 5.92 Å². The fraction of sp³-hybridized carbons (Fsp3) is 0.609. The van der Waals surface area contributed by atoms with Gasteiger partial charge in [0.2, 0.25) is 0 Å². The van der Waals surface area contributed by atoms with Crippen LogP contribution in [0.1, 0.15) is 59.4 Å². The number of rotatable bonds is 9. The first kappa shape index (κ1) is 23.2. The lowest BCUT2D eigenvalue weighted by molar-refractivity contribution is -0.139. The van der Waals surface area contributed by atoms with E-state index < -0.39 is 5.97 Å². The molecule has 1 N–H and O–H groups in total. The molecule has 2 atom stereocenters. The van der Waals surface area contributed by atoms with Crippen LogP contribution in [0.5, 0.6) is 5.75 Å². The Morgan fingerprint density at radius 1 is 1.11 bits per heavy atom. The molecule has 1 rings (SSSR count). The predicted octanol–water partition coefficient (Wildman–Crippen LogP) is 4.97. The fourth-order valence-electron chi connectivity index (χ4n) is 2.96. The van der Waals surface area contributed by atoms with Crippen molar-refractivity contribution in [3.05, 3.63) is 42.5 Å². The van der Waals surface area contributed by atoms with E-state index in [1.807, 2.05) is 12.1 Å². The highest BCUT2D eigenvalue weighted by Gasteiger charge is 2.30. The van der Waals surface area contributed by atoms with Crippen LogP contribution >= 0.6 is 0 Å². The van der Waals surface area contributed by atoms with Gasteiger partial charge in [-0.3, -0.25) is 0 Å². The minimum absolute atomic E-state index is 0.108. The summed E-state index contributed by atoms with van der Waals surface area (Å²) in [6.45, 7) is 17.3. The zero-order chi connectivity index (χ0) is 20.7. The molecule has 0 spiro atoms. The van der Waals surface area contributed by atoms with Crippen LogP contribution in [-0.4, -0.2) is 30.9 Å². The molecule has 0 saturated heterocycles. The van der Waals surface area contributed by atoms with Crippen molar-refractivity contribution in [1.29, 1.82) is 0 Å². The molecule has 27 heavy (non-hydrogen) atoms. The molecule has 0 aliphatic carbocycles.